The van der Waals surface area contributed by atoms with E-state index >= 15 is 0 Å². The standard InChI is InChI=1S/C12H13ClO2S/c1-9(12(14)15-6-7-16)8-10-2-4-11(13)5-3-10/h2-5,8,16H,6-7H2,1H3/b9-8+. The van der Waals surface area contributed by atoms with E-state index in [4.69, 9.17) is 16.3 Å². The zero-order chi connectivity index (χ0) is 12.0. The van der Waals surface area contributed by atoms with E-state index in [0.29, 0.717) is 23.0 Å². The second kappa shape index (κ2) is 6.61. The lowest BCUT2D eigenvalue weighted by Gasteiger charge is -2.02. The van der Waals surface area contributed by atoms with Crippen LogP contribution in [0, 0.1) is 0 Å². The normalized spacial score (nSPS) is 11.3. The third-order valence-electron chi connectivity index (χ3n) is 1.90. The van der Waals surface area contributed by atoms with Gasteiger partial charge < -0.3 is 4.74 Å². The molecule has 86 valence electrons. The minimum atomic E-state index is -0.316. The highest BCUT2D eigenvalue weighted by atomic mass is 35.5. The van der Waals surface area contributed by atoms with Gasteiger partial charge in [0.2, 0.25) is 0 Å². The minimum absolute atomic E-state index is 0.316. The van der Waals surface area contributed by atoms with Gasteiger partial charge in [-0.05, 0) is 30.7 Å². The van der Waals surface area contributed by atoms with Gasteiger partial charge in [0.1, 0.15) is 6.61 Å². The molecule has 0 heterocycles. The van der Waals surface area contributed by atoms with Gasteiger partial charge >= 0.3 is 5.97 Å². The number of rotatable bonds is 4. The summed E-state index contributed by atoms with van der Waals surface area (Å²) in [6.07, 6.45) is 1.76. The zero-order valence-electron chi connectivity index (χ0n) is 8.94. The molecule has 0 aromatic heterocycles. The fraction of sp³-hybridized carbons (Fsp3) is 0.250. The number of ether oxygens (including phenoxy) is 1. The summed E-state index contributed by atoms with van der Waals surface area (Å²) in [5.41, 5.74) is 1.48. The van der Waals surface area contributed by atoms with Crippen molar-refractivity contribution in [2.24, 2.45) is 0 Å². The first-order valence-electron chi connectivity index (χ1n) is 4.85. The smallest absolute Gasteiger partial charge is 0.333 e. The highest BCUT2D eigenvalue weighted by Gasteiger charge is 2.04. The van der Waals surface area contributed by atoms with Gasteiger partial charge in [-0.2, -0.15) is 12.6 Å². The van der Waals surface area contributed by atoms with Crippen LogP contribution in [0.2, 0.25) is 5.02 Å². The Kier molecular flexibility index (Phi) is 5.43. The second-order valence-corrected chi connectivity index (χ2v) is 4.12. The molecule has 4 heteroatoms. The Morgan fingerprint density at radius 1 is 1.44 bits per heavy atom. The molecule has 0 amide bonds. The molecule has 0 saturated heterocycles. The first-order valence-corrected chi connectivity index (χ1v) is 5.86. The largest absolute Gasteiger partial charge is 0.461 e. The quantitative estimate of drug-likeness (QED) is 0.509. The molecule has 2 nitrogen and oxygen atoms in total. The molecule has 0 radical (unpaired) electrons. The van der Waals surface area contributed by atoms with Crippen molar-refractivity contribution in [2.75, 3.05) is 12.4 Å². The van der Waals surface area contributed by atoms with E-state index in [1.54, 1.807) is 25.1 Å². The Labute approximate surface area is 106 Å². The van der Waals surface area contributed by atoms with E-state index in [2.05, 4.69) is 12.6 Å². The Balaban J connectivity index is 2.68. The zero-order valence-corrected chi connectivity index (χ0v) is 10.6. The van der Waals surface area contributed by atoms with Gasteiger partial charge in [-0.3, -0.25) is 0 Å². The average molecular weight is 257 g/mol. The second-order valence-electron chi connectivity index (χ2n) is 3.24. The molecule has 0 atom stereocenters. The highest BCUT2D eigenvalue weighted by Crippen LogP contribution is 2.12. The van der Waals surface area contributed by atoms with Crippen molar-refractivity contribution in [2.45, 2.75) is 6.92 Å². The number of thiol groups is 1. The Morgan fingerprint density at radius 3 is 2.62 bits per heavy atom. The van der Waals surface area contributed by atoms with Crippen molar-refractivity contribution in [3.05, 3.63) is 40.4 Å². The van der Waals surface area contributed by atoms with Crippen LogP contribution in [0.15, 0.2) is 29.8 Å². The summed E-state index contributed by atoms with van der Waals surface area (Å²) in [6.45, 7) is 2.04. The number of benzene rings is 1. The van der Waals surface area contributed by atoms with E-state index < -0.39 is 0 Å². The van der Waals surface area contributed by atoms with Gasteiger partial charge in [0.25, 0.3) is 0 Å². The molecule has 1 aromatic carbocycles. The summed E-state index contributed by atoms with van der Waals surface area (Å²) in [5, 5.41) is 0.674. The van der Waals surface area contributed by atoms with Crippen molar-refractivity contribution in [1.29, 1.82) is 0 Å². The maximum Gasteiger partial charge on any atom is 0.333 e. The van der Waals surface area contributed by atoms with Gasteiger partial charge in [-0.25, -0.2) is 4.79 Å². The topological polar surface area (TPSA) is 26.3 Å². The molecule has 0 unspecified atom stereocenters. The lowest BCUT2D eigenvalue weighted by Crippen LogP contribution is -2.07. The summed E-state index contributed by atoms with van der Waals surface area (Å²) < 4.78 is 4.94. The highest BCUT2D eigenvalue weighted by molar-refractivity contribution is 7.80. The van der Waals surface area contributed by atoms with Crippen molar-refractivity contribution >= 4 is 36.3 Å². The fourth-order valence-electron chi connectivity index (χ4n) is 1.12. The van der Waals surface area contributed by atoms with Crippen LogP contribution in [0.3, 0.4) is 0 Å². The van der Waals surface area contributed by atoms with Crippen LogP contribution in [-0.2, 0) is 9.53 Å². The van der Waals surface area contributed by atoms with E-state index in [-0.39, 0.29) is 5.97 Å². The molecule has 0 fully saturated rings. The SMILES string of the molecule is C/C(=C\c1ccc(Cl)cc1)C(=O)OCCS. The van der Waals surface area contributed by atoms with Crippen LogP contribution in [-0.4, -0.2) is 18.3 Å². The molecule has 0 saturated carbocycles. The monoisotopic (exact) mass is 256 g/mol. The number of hydrogen-bond donors (Lipinski definition) is 1. The van der Waals surface area contributed by atoms with Crippen LogP contribution in [0.1, 0.15) is 12.5 Å². The Morgan fingerprint density at radius 2 is 2.06 bits per heavy atom. The summed E-state index contributed by atoms with van der Waals surface area (Å²) in [4.78, 5) is 11.4. The predicted octanol–water partition coefficient (Wildman–Crippen LogP) is 3.22. The van der Waals surface area contributed by atoms with Crippen molar-refractivity contribution in [1.82, 2.24) is 0 Å². The van der Waals surface area contributed by atoms with Crippen LogP contribution >= 0.6 is 24.2 Å². The van der Waals surface area contributed by atoms with Crippen LogP contribution < -0.4 is 0 Å². The van der Waals surface area contributed by atoms with Crippen LogP contribution in [0.4, 0.5) is 0 Å². The maximum atomic E-state index is 11.4. The molecule has 0 spiro atoms. The number of halogens is 1. The molecule has 0 aliphatic rings. The van der Waals surface area contributed by atoms with Gasteiger partial charge in [0.15, 0.2) is 0 Å². The van der Waals surface area contributed by atoms with E-state index in [1.807, 2.05) is 12.1 Å². The first kappa shape index (κ1) is 13.1. The number of carbonyl (C=O) groups excluding carboxylic acids is 1. The van der Waals surface area contributed by atoms with Crippen LogP contribution in [0.5, 0.6) is 0 Å². The molecule has 0 bridgehead atoms. The van der Waals surface area contributed by atoms with Gasteiger partial charge in [0, 0.05) is 16.3 Å². The third kappa shape index (κ3) is 4.29. The summed E-state index contributed by atoms with van der Waals surface area (Å²) in [5.74, 6) is 0.212. The number of hydrogen-bond acceptors (Lipinski definition) is 3. The van der Waals surface area contributed by atoms with E-state index in [9.17, 15) is 4.79 Å². The summed E-state index contributed by atoms with van der Waals surface area (Å²) in [6, 6.07) is 7.24. The average Bonchev–Trinajstić information content (AvgIpc) is 2.29. The molecule has 16 heavy (non-hydrogen) atoms. The number of esters is 1. The predicted molar refractivity (Wildman–Crippen MR) is 69.9 cm³/mol. The van der Waals surface area contributed by atoms with Gasteiger partial charge in [0.05, 0.1) is 0 Å². The lowest BCUT2D eigenvalue weighted by atomic mass is 10.1. The van der Waals surface area contributed by atoms with Crippen molar-refractivity contribution < 1.29 is 9.53 Å². The summed E-state index contributed by atoms with van der Waals surface area (Å²) >= 11 is 9.72. The molecule has 0 aliphatic heterocycles. The molecule has 0 aliphatic carbocycles. The van der Waals surface area contributed by atoms with Crippen molar-refractivity contribution in [3.8, 4) is 0 Å². The molecule has 1 aromatic rings. The fourth-order valence-corrected chi connectivity index (χ4v) is 1.34. The molecular formula is C12H13ClO2S. The first-order chi connectivity index (χ1) is 7.63. The molecular weight excluding hydrogens is 244 g/mol. The van der Waals surface area contributed by atoms with E-state index in [0.717, 1.165) is 5.56 Å². The van der Waals surface area contributed by atoms with Crippen molar-refractivity contribution in [3.63, 3.8) is 0 Å². The Hall–Kier alpha value is -0.930. The maximum absolute atomic E-state index is 11.4. The van der Waals surface area contributed by atoms with Crippen LogP contribution in [0.25, 0.3) is 6.08 Å². The summed E-state index contributed by atoms with van der Waals surface area (Å²) in [7, 11) is 0. The van der Waals surface area contributed by atoms with Gasteiger partial charge in [-0.1, -0.05) is 23.7 Å². The Bertz CT molecular complexity index is 385. The minimum Gasteiger partial charge on any atom is -0.461 e. The lowest BCUT2D eigenvalue weighted by molar-refractivity contribution is -0.138. The van der Waals surface area contributed by atoms with E-state index in [1.165, 1.54) is 0 Å². The van der Waals surface area contributed by atoms with Gasteiger partial charge in [-0.15, -0.1) is 0 Å². The number of carbonyl (C=O) groups is 1. The third-order valence-corrected chi connectivity index (χ3v) is 2.33. The molecule has 0 N–H and O–H groups in total. The molecule has 1 rings (SSSR count).